The maximum Gasteiger partial charge on any atom is 0.334 e. The zero-order chi connectivity index (χ0) is 27.6. The highest BCUT2D eigenvalue weighted by atomic mass is 16.6. The van der Waals surface area contributed by atoms with Crippen LogP contribution in [0.4, 0.5) is 0 Å². The van der Waals surface area contributed by atoms with Gasteiger partial charge in [-0.1, -0.05) is 51.7 Å². The summed E-state index contributed by atoms with van der Waals surface area (Å²) in [5.41, 5.74) is 3.81. The van der Waals surface area contributed by atoms with E-state index >= 15 is 0 Å². The number of ether oxygens (including phenoxy) is 2. The Morgan fingerprint density at radius 3 is 2.68 bits per heavy atom. The number of esters is 1. The third kappa shape index (κ3) is 5.60. The van der Waals surface area contributed by atoms with E-state index in [0.29, 0.717) is 48.3 Å². The number of cyclic esters (lactones) is 1. The van der Waals surface area contributed by atoms with Crippen molar-refractivity contribution in [2.24, 2.45) is 29.1 Å². The Balaban J connectivity index is 1.45. The lowest BCUT2D eigenvalue weighted by atomic mass is 9.60. The van der Waals surface area contributed by atoms with Crippen molar-refractivity contribution in [1.29, 1.82) is 0 Å². The second-order valence-electron chi connectivity index (χ2n) is 12.4. The molecule has 4 fully saturated rings. The van der Waals surface area contributed by atoms with Crippen LogP contribution in [-0.4, -0.2) is 58.9 Å². The summed E-state index contributed by atoms with van der Waals surface area (Å²) in [6, 6.07) is 0. The van der Waals surface area contributed by atoms with E-state index in [0.717, 1.165) is 31.3 Å². The zero-order valence-corrected chi connectivity index (χ0v) is 23.5. The molecular formula is C32H48O6. The van der Waals surface area contributed by atoms with Gasteiger partial charge in [0.25, 0.3) is 0 Å². The molecule has 1 aliphatic heterocycles. The summed E-state index contributed by atoms with van der Waals surface area (Å²) >= 11 is 0. The Morgan fingerprint density at radius 1 is 1.21 bits per heavy atom. The zero-order valence-electron chi connectivity index (χ0n) is 23.5. The lowest BCUT2D eigenvalue weighted by Crippen LogP contribution is -2.45. The molecule has 1 heterocycles. The SMILES string of the molecule is C=C1/C(=C\C=C2/CCC[C@]3(C)[C@@H]([C@H](C)C[C@@H]4OC(=O)C(=C)[C@H]4CC)CC[C@@H]23)C[C@@H](O)[C@H](OCCCO)[C@@H]1O. The highest BCUT2D eigenvalue weighted by Crippen LogP contribution is 2.60. The van der Waals surface area contributed by atoms with Crippen LogP contribution in [0.3, 0.4) is 0 Å². The number of carbonyl (C=O) groups excluding carboxylic acids is 1. The summed E-state index contributed by atoms with van der Waals surface area (Å²) in [7, 11) is 0. The van der Waals surface area contributed by atoms with Gasteiger partial charge in [0.1, 0.15) is 18.3 Å². The normalized spacial score (nSPS) is 40.6. The highest BCUT2D eigenvalue weighted by molar-refractivity contribution is 5.90. The predicted molar refractivity (Wildman–Crippen MR) is 148 cm³/mol. The first-order chi connectivity index (χ1) is 18.1. The van der Waals surface area contributed by atoms with Crippen molar-refractivity contribution in [2.75, 3.05) is 13.2 Å². The topological polar surface area (TPSA) is 96.2 Å². The van der Waals surface area contributed by atoms with Crippen molar-refractivity contribution < 1.29 is 29.6 Å². The Bertz CT molecular complexity index is 965. The summed E-state index contributed by atoms with van der Waals surface area (Å²) in [4.78, 5) is 12.1. The van der Waals surface area contributed by atoms with Crippen molar-refractivity contribution in [3.05, 3.63) is 47.6 Å². The number of aliphatic hydroxyl groups is 3. The van der Waals surface area contributed by atoms with Gasteiger partial charge in [0.2, 0.25) is 0 Å². The Morgan fingerprint density at radius 2 is 1.97 bits per heavy atom. The van der Waals surface area contributed by atoms with Gasteiger partial charge < -0.3 is 24.8 Å². The molecule has 4 rings (SSSR count). The molecule has 0 aromatic heterocycles. The van der Waals surface area contributed by atoms with Gasteiger partial charge in [-0.2, -0.15) is 0 Å². The first-order valence-corrected chi connectivity index (χ1v) is 14.7. The number of hydrogen-bond acceptors (Lipinski definition) is 6. The standard InChI is InChI=1S/C32H48O6/c1-6-24-21(4)31(36)38-28(24)17-19(2)25-12-13-26-22(9-7-14-32(25,26)5)10-11-23-18-27(34)30(29(35)20(23)3)37-16-8-15-33/h10-11,19,24-30,33-35H,3-4,6-9,12-18H2,1-2,5H3/b22-10+,23-11-/t19-,24-,25-,26+,27-,28+,29-,30+,32-/m1/s1. The Labute approximate surface area is 228 Å². The first-order valence-electron chi connectivity index (χ1n) is 14.7. The van der Waals surface area contributed by atoms with E-state index in [9.17, 15) is 15.0 Å². The van der Waals surface area contributed by atoms with Crippen LogP contribution < -0.4 is 0 Å². The van der Waals surface area contributed by atoms with Crippen molar-refractivity contribution in [3.63, 3.8) is 0 Å². The van der Waals surface area contributed by atoms with Crippen molar-refractivity contribution >= 4 is 5.97 Å². The molecule has 0 aromatic carbocycles. The van der Waals surface area contributed by atoms with Gasteiger partial charge in [-0.05, 0) is 85.7 Å². The molecule has 3 aliphatic carbocycles. The molecular weight excluding hydrogens is 480 g/mol. The van der Waals surface area contributed by atoms with Gasteiger partial charge in [-0.3, -0.25) is 0 Å². The average Bonchev–Trinajstić information content (AvgIpc) is 3.37. The van der Waals surface area contributed by atoms with Crippen LogP contribution in [0.1, 0.15) is 78.6 Å². The summed E-state index contributed by atoms with van der Waals surface area (Å²) < 4.78 is 11.4. The van der Waals surface area contributed by atoms with Gasteiger partial charge in [0.05, 0.1) is 6.10 Å². The fourth-order valence-electron chi connectivity index (χ4n) is 8.08. The summed E-state index contributed by atoms with van der Waals surface area (Å²) in [6.07, 6.45) is 10.2. The van der Waals surface area contributed by atoms with Gasteiger partial charge in [-0.15, -0.1) is 0 Å². The van der Waals surface area contributed by atoms with E-state index in [4.69, 9.17) is 14.6 Å². The second kappa shape index (κ2) is 12.2. The van der Waals surface area contributed by atoms with Crippen LogP contribution in [-0.2, 0) is 14.3 Å². The number of fused-ring (bicyclic) bond motifs is 1. The van der Waals surface area contributed by atoms with Crippen LogP contribution >= 0.6 is 0 Å². The minimum Gasteiger partial charge on any atom is -0.458 e. The van der Waals surface area contributed by atoms with Crippen LogP contribution in [0.2, 0.25) is 0 Å². The second-order valence-corrected chi connectivity index (χ2v) is 12.4. The largest absolute Gasteiger partial charge is 0.458 e. The quantitative estimate of drug-likeness (QED) is 0.220. The van der Waals surface area contributed by atoms with Crippen LogP contribution in [0.5, 0.6) is 0 Å². The van der Waals surface area contributed by atoms with Gasteiger partial charge >= 0.3 is 5.97 Å². The fourth-order valence-corrected chi connectivity index (χ4v) is 8.08. The average molecular weight is 529 g/mol. The monoisotopic (exact) mass is 528 g/mol. The van der Waals surface area contributed by atoms with Crippen molar-refractivity contribution in [3.8, 4) is 0 Å². The third-order valence-corrected chi connectivity index (χ3v) is 10.2. The molecule has 3 N–H and O–H groups in total. The molecule has 0 unspecified atom stereocenters. The maximum atomic E-state index is 12.1. The molecule has 6 heteroatoms. The smallest absolute Gasteiger partial charge is 0.334 e. The molecule has 0 spiro atoms. The minimum absolute atomic E-state index is 0.0152. The minimum atomic E-state index is -0.955. The van der Waals surface area contributed by atoms with Gasteiger partial charge in [0, 0.05) is 31.1 Å². The molecule has 3 saturated carbocycles. The van der Waals surface area contributed by atoms with E-state index in [1.807, 2.05) is 0 Å². The highest BCUT2D eigenvalue weighted by Gasteiger charge is 2.51. The number of allylic oxidation sites excluding steroid dienone is 3. The fraction of sp³-hybridized carbons (Fsp3) is 0.719. The molecule has 38 heavy (non-hydrogen) atoms. The Kier molecular flexibility index (Phi) is 9.39. The predicted octanol–water partition coefficient (Wildman–Crippen LogP) is 5.04. The molecule has 6 nitrogen and oxygen atoms in total. The van der Waals surface area contributed by atoms with E-state index in [2.05, 4.69) is 46.1 Å². The van der Waals surface area contributed by atoms with E-state index in [1.54, 1.807) is 0 Å². The number of rotatable bonds is 9. The summed E-state index contributed by atoms with van der Waals surface area (Å²) in [5.74, 6) is 1.48. The molecule has 9 atom stereocenters. The number of carbonyl (C=O) groups is 1. The maximum absolute atomic E-state index is 12.1. The van der Waals surface area contributed by atoms with Gasteiger partial charge in [-0.25, -0.2) is 4.79 Å². The molecule has 0 aromatic rings. The molecule has 1 saturated heterocycles. The number of hydrogen-bond donors (Lipinski definition) is 3. The number of aliphatic hydroxyl groups excluding tert-OH is 3. The van der Waals surface area contributed by atoms with Crippen molar-refractivity contribution in [2.45, 2.75) is 103 Å². The first kappa shape index (κ1) is 29.3. The van der Waals surface area contributed by atoms with Crippen LogP contribution in [0.15, 0.2) is 47.6 Å². The molecule has 0 radical (unpaired) electrons. The van der Waals surface area contributed by atoms with E-state index in [1.165, 1.54) is 24.8 Å². The van der Waals surface area contributed by atoms with Crippen molar-refractivity contribution in [1.82, 2.24) is 0 Å². The molecule has 4 aliphatic rings. The Hall–Kier alpha value is -1.73. The van der Waals surface area contributed by atoms with E-state index in [-0.39, 0.29) is 30.0 Å². The molecule has 0 amide bonds. The molecule has 212 valence electrons. The lowest BCUT2D eigenvalue weighted by Gasteiger charge is -2.45. The van der Waals surface area contributed by atoms with Crippen LogP contribution in [0, 0.1) is 29.1 Å². The summed E-state index contributed by atoms with van der Waals surface area (Å²) in [5, 5.41) is 30.4. The van der Waals surface area contributed by atoms with E-state index < -0.39 is 18.3 Å². The third-order valence-electron chi connectivity index (χ3n) is 10.2. The molecule has 0 bridgehead atoms. The van der Waals surface area contributed by atoms with Gasteiger partial charge in [0.15, 0.2) is 0 Å². The summed E-state index contributed by atoms with van der Waals surface area (Å²) in [6.45, 7) is 15.3. The lowest BCUT2D eigenvalue weighted by molar-refractivity contribution is -0.140. The van der Waals surface area contributed by atoms with Crippen LogP contribution in [0.25, 0.3) is 0 Å².